The molecule has 2 aromatic rings. The lowest BCUT2D eigenvalue weighted by Gasteiger charge is -2.27. The topological polar surface area (TPSA) is 106 Å². The third-order valence-corrected chi connectivity index (χ3v) is 5.21. The van der Waals surface area contributed by atoms with Gasteiger partial charge in [-0.05, 0) is 58.4 Å². The first-order chi connectivity index (χ1) is 15.4. The van der Waals surface area contributed by atoms with Crippen LogP contribution in [0.25, 0.3) is 11.8 Å². The number of fused-ring (bicyclic) bond motifs is 1. The van der Waals surface area contributed by atoms with Crippen LogP contribution in [0.3, 0.4) is 0 Å². The number of nitrogens with two attached hydrogens (primary N) is 2. The Morgan fingerprint density at radius 2 is 2.09 bits per heavy atom. The minimum Gasteiger partial charge on any atom is -0.402 e. The Morgan fingerprint density at radius 1 is 1.31 bits per heavy atom. The fourth-order valence-corrected chi connectivity index (χ4v) is 3.40. The fraction of sp³-hybridized carbons (Fsp3) is 0.440. The van der Waals surface area contributed by atoms with Crippen LogP contribution >= 0.6 is 0 Å². The van der Waals surface area contributed by atoms with Gasteiger partial charge in [-0.2, -0.15) is 5.10 Å². The molecule has 0 amide bonds. The molecule has 3 rings (SSSR count). The van der Waals surface area contributed by atoms with Gasteiger partial charge in [-0.1, -0.05) is 19.1 Å². The predicted molar refractivity (Wildman–Crippen MR) is 134 cm³/mol. The van der Waals surface area contributed by atoms with Crippen molar-refractivity contribution in [1.82, 2.24) is 15.2 Å². The zero-order valence-electron chi connectivity index (χ0n) is 20.1. The number of pyridine rings is 1. The molecule has 1 atom stereocenters. The maximum absolute atomic E-state index is 6.40. The Hall–Kier alpha value is -3.06. The van der Waals surface area contributed by atoms with E-state index in [0.717, 1.165) is 60.1 Å². The van der Waals surface area contributed by atoms with Gasteiger partial charge < -0.3 is 21.1 Å². The molecule has 0 radical (unpaired) electrons. The molecule has 2 heterocycles. The molecular formula is C25H38N6O. The van der Waals surface area contributed by atoms with Gasteiger partial charge >= 0.3 is 0 Å². The molecule has 0 aliphatic heterocycles. The highest BCUT2D eigenvalue weighted by Gasteiger charge is 2.21. The van der Waals surface area contributed by atoms with Crippen LogP contribution in [-0.2, 0) is 4.74 Å². The van der Waals surface area contributed by atoms with Crippen LogP contribution in [0.5, 0.6) is 0 Å². The van der Waals surface area contributed by atoms with E-state index in [1.165, 1.54) is 0 Å². The highest BCUT2D eigenvalue weighted by Crippen LogP contribution is 2.34. The number of hydrogen-bond acceptors (Lipinski definition) is 6. The molecule has 7 heteroatoms. The number of likely N-dealkylation sites (N-methyl/N-ethyl adjacent to an activating group) is 1. The van der Waals surface area contributed by atoms with Gasteiger partial charge in [0.1, 0.15) is 5.82 Å². The van der Waals surface area contributed by atoms with Crippen LogP contribution < -0.4 is 16.4 Å². The van der Waals surface area contributed by atoms with Crippen LogP contribution in [0.15, 0.2) is 42.3 Å². The van der Waals surface area contributed by atoms with Gasteiger partial charge in [0, 0.05) is 60.0 Å². The van der Waals surface area contributed by atoms with Gasteiger partial charge in [-0.25, -0.2) is 4.98 Å². The smallest absolute Gasteiger partial charge is 0.129 e. The lowest BCUT2D eigenvalue weighted by Crippen LogP contribution is -2.29. The van der Waals surface area contributed by atoms with Crippen molar-refractivity contribution < 1.29 is 4.74 Å². The first-order valence-corrected chi connectivity index (χ1v) is 11.3. The number of ether oxygens (including phenoxy) is 1. The van der Waals surface area contributed by atoms with Crippen LogP contribution in [-0.4, -0.2) is 41.5 Å². The highest BCUT2D eigenvalue weighted by atomic mass is 16.5. The van der Waals surface area contributed by atoms with E-state index >= 15 is 0 Å². The summed E-state index contributed by atoms with van der Waals surface area (Å²) in [7, 11) is 0. The van der Waals surface area contributed by atoms with Crippen LogP contribution in [0.4, 0.5) is 5.82 Å². The minimum absolute atomic E-state index is 0.374. The number of H-pyrrole nitrogens is 1. The van der Waals surface area contributed by atoms with Gasteiger partial charge in [-0.3, -0.25) is 5.10 Å². The summed E-state index contributed by atoms with van der Waals surface area (Å²) in [4.78, 5) is 7.22. The molecule has 0 spiro atoms. The molecule has 7 nitrogen and oxygen atoms in total. The summed E-state index contributed by atoms with van der Waals surface area (Å²) >= 11 is 0. The molecule has 0 aromatic carbocycles. The Balaban J connectivity index is 0.000000520. The van der Waals surface area contributed by atoms with Crippen molar-refractivity contribution in [2.75, 3.05) is 31.2 Å². The lowest BCUT2D eigenvalue weighted by molar-refractivity contribution is 0.154. The van der Waals surface area contributed by atoms with Gasteiger partial charge in [0.25, 0.3) is 0 Å². The molecule has 0 fully saturated rings. The third kappa shape index (κ3) is 7.27. The monoisotopic (exact) mass is 438 g/mol. The van der Waals surface area contributed by atoms with Gasteiger partial charge in [0.15, 0.2) is 0 Å². The average molecular weight is 439 g/mol. The van der Waals surface area contributed by atoms with Gasteiger partial charge in [-0.15, -0.1) is 0 Å². The van der Waals surface area contributed by atoms with Gasteiger partial charge in [0.05, 0.1) is 12.3 Å². The number of rotatable bonds is 8. The zero-order chi connectivity index (χ0) is 23.5. The molecule has 5 N–H and O–H groups in total. The fourth-order valence-electron chi connectivity index (χ4n) is 3.40. The number of allylic oxidation sites excluding steroid dienone is 4. The van der Waals surface area contributed by atoms with Crippen molar-refractivity contribution in [3.8, 4) is 0 Å². The molecule has 1 unspecified atom stereocenters. The number of anilines is 1. The summed E-state index contributed by atoms with van der Waals surface area (Å²) in [5.74, 6) is 1.33. The predicted octanol–water partition coefficient (Wildman–Crippen LogP) is 4.35. The second-order valence-electron chi connectivity index (χ2n) is 7.91. The molecule has 0 saturated carbocycles. The van der Waals surface area contributed by atoms with Gasteiger partial charge in [0.2, 0.25) is 0 Å². The zero-order valence-corrected chi connectivity index (χ0v) is 20.1. The third-order valence-electron chi connectivity index (χ3n) is 5.21. The number of nitrogens with one attached hydrogen (secondary N) is 1. The summed E-state index contributed by atoms with van der Waals surface area (Å²) < 4.78 is 5.53. The molecule has 0 saturated heterocycles. The van der Waals surface area contributed by atoms with Crippen molar-refractivity contribution in [2.24, 2.45) is 11.5 Å². The van der Waals surface area contributed by atoms with Crippen LogP contribution in [0.1, 0.15) is 62.5 Å². The summed E-state index contributed by atoms with van der Waals surface area (Å²) in [5.41, 5.74) is 17.9. The van der Waals surface area contributed by atoms with E-state index in [-0.39, 0.29) is 0 Å². The average Bonchev–Trinajstić information content (AvgIpc) is 3.26. The van der Waals surface area contributed by atoms with E-state index in [2.05, 4.69) is 47.2 Å². The number of aryl methyl sites for hydroxylation is 1. The van der Waals surface area contributed by atoms with Crippen molar-refractivity contribution in [2.45, 2.75) is 47.0 Å². The number of aromatic amines is 1. The van der Waals surface area contributed by atoms with Crippen LogP contribution in [0, 0.1) is 6.92 Å². The first kappa shape index (κ1) is 25.2. The maximum atomic E-state index is 6.40. The molecule has 2 aromatic heterocycles. The van der Waals surface area contributed by atoms with Crippen molar-refractivity contribution in [1.29, 1.82) is 0 Å². The van der Waals surface area contributed by atoms with Crippen LogP contribution in [0.2, 0.25) is 0 Å². The summed E-state index contributed by atoms with van der Waals surface area (Å²) in [6, 6.07) is 4.00. The van der Waals surface area contributed by atoms with E-state index in [9.17, 15) is 0 Å². The quantitative estimate of drug-likeness (QED) is 0.418. The van der Waals surface area contributed by atoms with E-state index in [4.69, 9.17) is 21.2 Å². The molecular weight excluding hydrogens is 400 g/mol. The minimum atomic E-state index is 0.374. The lowest BCUT2D eigenvalue weighted by atomic mass is 9.89. The second kappa shape index (κ2) is 12.7. The molecule has 0 bridgehead atoms. The SMILES string of the molecule is CCOCCN(CC)c1cc(/C(N)=C/C=C(/C)N)c2c(n1)C(C)CC=C2.Cc1ccn[nH]1. The van der Waals surface area contributed by atoms with Crippen molar-refractivity contribution in [3.63, 3.8) is 0 Å². The van der Waals surface area contributed by atoms with Crippen molar-refractivity contribution >= 4 is 17.6 Å². The Morgan fingerprint density at radius 3 is 2.66 bits per heavy atom. The van der Waals surface area contributed by atoms with Crippen molar-refractivity contribution in [3.05, 3.63) is 64.8 Å². The molecule has 174 valence electrons. The van der Waals surface area contributed by atoms with E-state index in [1.807, 2.05) is 39.0 Å². The Kier molecular flexibility index (Phi) is 10.0. The second-order valence-corrected chi connectivity index (χ2v) is 7.91. The largest absolute Gasteiger partial charge is 0.402 e. The van der Waals surface area contributed by atoms with E-state index in [1.54, 1.807) is 6.20 Å². The summed E-state index contributed by atoms with van der Waals surface area (Å²) in [6.07, 6.45) is 10.8. The highest BCUT2D eigenvalue weighted by molar-refractivity contribution is 5.77. The number of nitrogens with zero attached hydrogens (tertiary/aromatic N) is 3. The Bertz CT molecular complexity index is 926. The number of hydrogen-bond donors (Lipinski definition) is 3. The number of aromatic nitrogens is 3. The van der Waals surface area contributed by atoms with E-state index < -0.39 is 0 Å². The Labute approximate surface area is 192 Å². The normalized spacial score (nSPS) is 15.7. The standard InChI is InChI=1S/C21H32N4O.C4H6N2/c1-5-25(12-13-26-6-2)20-14-18(19(23)11-10-16(4)22)17-9-7-8-15(3)21(17)24-20;1-4-2-3-5-6-4/h7,9-11,14-15H,5-6,8,12-13,22-23H2,1-4H3;2-3H,1H3,(H,5,6)/b16-10-,19-11-;. The molecule has 1 aliphatic carbocycles. The maximum Gasteiger partial charge on any atom is 0.129 e. The summed E-state index contributed by atoms with van der Waals surface area (Å²) in [5, 5.41) is 6.45. The molecule has 32 heavy (non-hydrogen) atoms. The molecule has 1 aliphatic rings. The van der Waals surface area contributed by atoms with E-state index in [0.29, 0.717) is 18.2 Å². The first-order valence-electron chi connectivity index (χ1n) is 11.3. The summed E-state index contributed by atoms with van der Waals surface area (Å²) in [6.45, 7) is 13.3.